The monoisotopic (exact) mass is 472 g/mol. The minimum Gasteiger partial charge on any atom is -0.355 e. The molecule has 0 aliphatic carbocycles. The highest BCUT2D eigenvalue weighted by Gasteiger charge is 2.25. The molecule has 9 heteroatoms. The van der Waals surface area contributed by atoms with Crippen molar-refractivity contribution in [3.63, 3.8) is 0 Å². The lowest BCUT2D eigenvalue weighted by Gasteiger charge is -2.33. The summed E-state index contributed by atoms with van der Waals surface area (Å²) in [6.45, 7) is 5.57. The van der Waals surface area contributed by atoms with Gasteiger partial charge < -0.3 is 10.2 Å². The number of benzene rings is 2. The molecule has 1 aliphatic rings. The van der Waals surface area contributed by atoms with E-state index in [2.05, 4.69) is 20.4 Å². The Morgan fingerprint density at radius 1 is 0.941 bits per heavy atom. The third-order valence-electron chi connectivity index (χ3n) is 6.31. The van der Waals surface area contributed by atoms with Crippen molar-refractivity contribution in [1.29, 1.82) is 0 Å². The van der Waals surface area contributed by atoms with Crippen molar-refractivity contribution in [2.75, 3.05) is 24.5 Å². The standard InChI is InChI=1S/C25H24F4N4O/c1-14-15(2)24(32-31-23(14)17-3-5-18(26)6-4-17)33-9-7-16(8-10-33)13-30-25(34)22-20(28)11-19(27)12-21(22)29/h3-6,11-12,16H,7-10,13H2,1-2H3,(H,30,34). The molecular formula is C25H24F4N4O. The van der Waals surface area contributed by atoms with E-state index in [1.54, 1.807) is 12.1 Å². The molecule has 34 heavy (non-hydrogen) atoms. The van der Waals surface area contributed by atoms with E-state index in [1.165, 1.54) is 12.1 Å². The summed E-state index contributed by atoms with van der Waals surface area (Å²) in [6, 6.07) is 7.11. The number of piperidine rings is 1. The molecule has 3 aromatic rings. The molecule has 1 amide bonds. The van der Waals surface area contributed by atoms with Crippen molar-refractivity contribution >= 4 is 11.7 Å². The average molecular weight is 472 g/mol. The van der Waals surface area contributed by atoms with Crippen LogP contribution in [-0.4, -0.2) is 35.7 Å². The minimum absolute atomic E-state index is 0.125. The highest BCUT2D eigenvalue weighted by molar-refractivity contribution is 5.94. The maximum absolute atomic E-state index is 13.8. The van der Waals surface area contributed by atoms with Crippen LogP contribution in [0.5, 0.6) is 0 Å². The number of aromatic nitrogens is 2. The van der Waals surface area contributed by atoms with Gasteiger partial charge >= 0.3 is 0 Å². The van der Waals surface area contributed by atoms with Crippen LogP contribution in [0.25, 0.3) is 11.3 Å². The number of carbonyl (C=O) groups is 1. The van der Waals surface area contributed by atoms with Gasteiger partial charge in [-0.3, -0.25) is 4.79 Å². The molecule has 5 nitrogen and oxygen atoms in total. The summed E-state index contributed by atoms with van der Waals surface area (Å²) in [5.74, 6) is -3.82. The fraction of sp³-hybridized carbons (Fsp3) is 0.320. The first-order valence-corrected chi connectivity index (χ1v) is 11.0. The second-order valence-electron chi connectivity index (χ2n) is 8.51. The number of amides is 1. The Bertz CT molecular complexity index is 1190. The Morgan fingerprint density at radius 2 is 1.56 bits per heavy atom. The Hall–Kier alpha value is -3.49. The van der Waals surface area contributed by atoms with E-state index < -0.39 is 28.9 Å². The molecule has 1 aromatic heterocycles. The topological polar surface area (TPSA) is 58.1 Å². The summed E-state index contributed by atoms with van der Waals surface area (Å²) in [5.41, 5.74) is 2.68. The van der Waals surface area contributed by atoms with Gasteiger partial charge in [0.05, 0.1) is 5.69 Å². The molecule has 4 rings (SSSR count). The van der Waals surface area contributed by atoms with E-state index in [1.807, 2.05) is 13.8 Å². The lowest BCUT2D eigenvalue weighted by Crippen LogP contribution is -2.39. The quantitative estimate of drug-likeness (QED) is 0.533. The van der Waals surface area contributed by atoms with Gasteiger partial charge in [-0.05, 0) is 68.0 Å². The molecule has 1 fully saturated rings. The minimum atomic E-state index is -1.22. The van der Waals surface area contributed by atoms with Crippen molar-refractivity contribution in [3.8, 4) is 11.3 Å². The van der Waals surface area contributed by atoms with E-state index >= 15 is 0 Å². The van der Waals surface area contributed by atoms with Gasteiger partial charge in [0.2, 0.25) is 0 Å². The van der Waals surface area contributed by atoms with Gasteiger partial charge in [0.25, 0.3) is 5.91 Å². The fourth-order valence-electron chi connectivity index (χ4n) is 4.21. The number of nitrogens with one attached hydrogen (secondary N) is 1. The van der Waals surface area contributed by atoms with Crippen LogP contribution in [-0.2, 0) is 0 Å². The normalized spacial score (nSPS) is 14.4. The second kappa shape index (κ2) is 9.79. The van der Waals surface area contributed by atoms with Gasteiger partial charge in [0, 0.05) is 37.3 Å². The zero-order chi connectivity index (χ0) is 24.4. The first-order chi connectivity index (χ1) is 16.2. The van der Waals surface area contributed by atoms with Crippen LogP contribution in [0.15, 0.2) is 36.4 Å². The van der Waals surface area contributed by atoms with Crippen molar-refractivity contribution in [1.82, 2.24) is 15.5 Å². The van der Waals surface area contributed by atoms with Crippen LogP contribution >= 0.6 is 0 Å². The van der Waals surface area contributed by atoms with E-state index in [-0.39, 0.29) is 18.3 Å². The summed E-state index contributed by atoms with van der Waals surface area (Å²) >= 11 is 0. The van der Waals surface area contributed by atoms with Gasteiger partial charge in [-0.1, -0.05) is 0 Å². The Morgan fingerprint density at radius 3 is 2.18 bits per heavy atom. The average Bonchev–Trinajstić information content (AvgIpc) is 2.80. The number of carbonyl (C=O) groups excluding carboxylic acids is 1. The van der Waals surface area contributed by atoms with Crippen LogP contribution in [0.2, 0.25) is 0 Å². The maximum atomic E-state index is 13.8. The predicted molar refractivity (Wildman–Crippen MR) is 120 cm³/mol. The molecule has 0 radical (unpaired) electrons. The van der Waals surface area contributed by atoms with E-state index in [0.29, 0.717) is 30.9 Å². The molecule has 1 saturated heterocycles. The fourth-order valence-corrected chi connectivity index (χ4v) is 4.21. The molecule has 2 aromatic carbocycles. The van der Waals surface area contributed by atoms with Gasteiger partial charge in [-0.15, -0.1) is 10.2 Å². The van der Waals surface area contributed by atoms with E-state index in [4.69, 9.17) is 0 Å². The van der Waals surface area contributed by atoms with Crippen LogP contribution in [0.4, 0.5) is 23.4 Å². The Kier molecular flexibility index (Phi) is 6.81. The van der Waals surface area contributed by atoms with Gasteiger partial charge in [-0.25, -0.2) is 17.6 Å². The molecular weight excluding hydrogens is 448 g/mol. The number of rotatable bonds is 5. The van der Waals surface area contributed by atoms with Crippen molar-refractivity contribution < 1.29 is 22.4 Å². The van der Waals surface area contributed by atoms with Gasteiger partial charge in [0.1, 0.15) is 28.8 Å². The highest BCUT2D eigenvalue weighted by Crippen LogP contribution is 2.30. The Labute approximate surface area is 194 Å². The highest BCUT2D eigenvalue weighted by atomic mass is 19.1. The SMILES string of the molecule is Cc1c(-c2ccc(F)cc2)nnc(N2CCC(CNC(=O)c3c(F)cc(F)cc3F)CC2)c1C. The lowest BCUT2D eigenvalue weighted by atomic mass is 9.96. The second-order valence-corrected chi connectivity index (χ2v) is 8.51. The molecule has 0 spiro atoms. The largest absolute Gasteiger partial charge is 0.355 e. The lowest BCUT2D eigenvalue weighted by molar-refractivity contribution is 0.0936. The number of nitrogens with zero attached hydrogens (tertiary/aromatic N) is 3. The summed E-state index contributed by atoms with van der Waals surface area (Å²) < 4.78 is 53.9. The van der Waals surface area contributed by atoms with E-state index in [0.717, 1.165) is 35.3 Å². The third-order valence-corrected chi connectivity index (χ3v) is 6.31. The number of anilines is 1. The van der Waals surface area contributed by atoms with Crippen LogP contribution < -0.4 is 10.2 Å². The molecule has 1 aliphatic heterocycles. The molecule has 0 unspecified atom stereocenters. The van der Waals surface area contributed by atoms with Crippen molar-refractivity contribution in [2.45, 2.75) is 26.7 Å². The third kappa shape index (κ3) is 4.88. The maximum Gasteiger partial charge on any atom is 0.257 e. The zero-order valence-corrected chi connectivity index (χ0v) is 18.8. The molecule has 0 atom stereocenters. The molecule has 0 saturated carbocycles. The summed E-state index contributed by atoms with van der Waals surface area (Å²) in [5, 5.41) is 11.4. The van der Waals surface area contributed by atoms with E-state index in [9.17, 15) is 22.4 Å². The summed E-state index contributed by atoms with van der Waals surface area (Å²) in [7, 11) is 0. The molecule has 2 heterocycles. The van der Waals surface area contributed by atoms with Crippen LogP contribution in [0.3, 0.4) is 0 Å². The Balaban J connectivity index is 1.37. The summed E-state index contributed by atoms with van der Waals surface area (Å²) in [4.78, 5) is 14.3. The first-order valence-electron chi connectivity index (χ1n) is 11.0. The molecule has 178 valence electrons. The smallest absolute Gasteiger partial charge is 0.257 e. The number of halogens is 4. The predicted octanol–water partition coefficient (Wildman–Crippen LogP) is 4.96. The van der Waals surface area contributed by atoms with Crippen LogP contribution in [0, 0.1) is 43.0 Å². The zero-order valence-electron chi connectivity index (χ0n) is 18.8. The van der Waals surface area contributed by atoms with Crippen LogP contribution in [0.1, 0.15) is 34.3 Å². The van der Waals surface area contributed by atoms with Gasteiger partial charge in [0.15, 0.2) is 5.82 Å². The molecule has 0 bridgehead atoms. The van der Waals surface area contributed by atoms with Gasteiger partial charge in [-0.2, -0.15) is 0 Å². The summed E-state index contributed by atoms with van der Waals surface area (Å²) in [6.07, 6.45) is 1.49. The first kappa shape index (κ1) is 23.7. The number of hydrogen-bond acceptors (Lipinski definition) is 4. The van der Waals surface area contributed by atoms with Crippen molar-refractivity contribution in [3.05, 3.63) is 76.4 Å². The molecule has 1 N–H and O–H groups in total. The van der Waals surface area contributed by atoms with Crippen molar-refractivity contribution in [2.24, 2.45) is 5.92 Å². The number of hydrogen-bond donors (Lipinski definition) is 1.